The van der Waals surface area contributed by atoms with Gasteiger partial charge in [0, 0.05) is 46.2 Å². The van der Waals surface area contributed by atoms with E-state index in [0.717, 1.165) is 36.4 Å². The summed E-state index contributed by atoms with van der Waals surface area (Å²) in [5, 5.41) is 9.65. The molecule has 0 radical (unpaired) electrons. The second-order valence-electron chi connectivity index (χ2n) is 11.5. The molecule has 7 rings (SSSR count). The van der Waals surface area contributed by atoms with Gasteiger partial charge < -0.3 is 20.0 Å². The van der Waals surface area contributed by atoms with E-state index >= 15 is 0 Å². The van der Waals surface area contributed by atoms with Crippen molar-refractivity contribution in [3.8, 4) is 0 Å². The maximum Gasteiger partial charge on any atom is 0.419 e. The van der Waals surface area contributed by atoms with Crippen LogP contribution in [0.1, 0.15) is 52.2 Å². The van der Waals surface area contributed by atoms with Crippen LogP contribution >= 0.6 is 0 Å². The van der Waals surface area contributed by atoms with Crippen molar-refractivity contribution in [3.63, 3.8) is 0 Å². The number of nitrogens with one attached hydrogen (secondary N) is 2. The smallest absolute Gasteiger partial charge is 0.408 e. The third-order valence-corrected chi connectivity index (χ3v) is 8.79. The molecule has 3 aliphatic rings. The fourth-order valence-electron chi connectivity index (χ4n) is 6.53. The molecule has 1 aromatic carbocycles. The number of halogens is 1. The number of fused-ring (bicyclic) bond motifs is 5. The third kappa shape index (κ3) is 4.92. The summed E-state index contributed by atoms with van der Waals surface area (Å²) in [6.45, 7) is 0.517. The highest BCUT2D eigenvalue weighted by atomic mass is 19.1. The van der Waals surface area contributed by atoms with Gasteiger partial charge in [-0.1, -0.05) is 6.07 Å². The molecule has 2 bridgehead atoms. The summed E-state index contributed by atoms with van der Waals surface area (Å²) in [6, 6.07) is 6.38. The lowest BCUT2D eigenvalue weighted by Gasteiger charge is -2.47. The van der Waals surface area contributed by atoms with Crippen molar-refractivity contribution in [2.75, 3.05) is 20.6 Å². The molecular weight excluding hydrogens is 545 g/mol. The summed E-state index contributed by atoms with van der Waals surface area (Å²) >= 11 is 0. The van der Waals surface area contributed by atoms with Crippen molar-refractivity contribution >= 4 is 34.5 Å². The highest BCUT2D eigenvalue weighted by Crippen LogP contribution is 2.48. The predicted octanol–water partition coefficient (Wildman–Crippen LogP) is 2.11. The molecule has 4 aromatic rings. The maximum absolute atomic E-state index is 14.5. The van der Waals surface area contributed by atoms with Gasteiger partial charge in [-0.05, 0) is 61.1 Å². The molecule has 4 unspecified atom stereocenters. The van der Waals surface area contributed by atoms with E-state index in [1.807, 2.05) is 0 Å². The van der Waals surface area contributed by atoms with E-state index in [2.05, 4.69) is 20.7 Å². The van der Waals surface area contributed by atoms with Crippen LogP contribution in [0.15, 0.2) is 39.7 Å². The Kier molecular flexibility index (Phi) is 7.03. The van der Waals surface area contributed by atoms with Gasteiger partial charge in [0.25, 0.3) is 11.8 Å². The first kappa shape index (κ1) is 27.6. The van der Waals surface area contributed by atoms with Gasteiger partial charge in [0.15, 0.2) is 17.0 Å². The summed E-state index contributed by atoms with van der Waals surface area (Å²) in [5.41, 5.74) is 1.34. The molecule has 13 heteroatoms. The Morgan fingerprint density at radius 1 is 1.10 bits per heavy atom. The number of hydrogen-bond acceptors (Lipinski definition) is 7. The second-order valence-corrected chi connectivity index (χ2v) is 11.5. The Morgan fingerprint density at radius 3 is 2.62 bits per heavy atom. The lowest BCUT2D eigenvalue weighted by Crippen LogP contribution is -2.47. The van der Waals surface area contributed by atoms with E-state index < -0.39 is 23.4 Å². The minimum Gasteiger partial charge on any atom is -0.408 e. The Balaban J connectivity index is 1.16. The topological polar surface area (TPSA) is 144 Å². The number of carbonyl (C=O) groups is 3. The number of benzene rings is 1. The Morgan fingerprint density at radius 2 is 1.88 bits per heavy atom. The van der Waals surface area contributed by atoms with E-state index in [0.29, 0.717) is 35.0 Å². The lowest BCUT2D eigenvalue weighted by molar-refractivity contribution is -0.139. The number of oxazole rings is 1. The molecule has 3 heterocycles. The van der Waals surface area contributed by atoms with Crippen LogP contribution in [-0.4, -0.2) is 62.4 Å². The highest BCUT2D eigenvalue weighted by Gasteiger charge is 2.44. The summed E-state index contributed by atoms with van der Waals surface area (Å²) in [4.78, 5) is 56.6. The molecular formula is C29H32FN7O5. The van der Waals surface area contributed by atoms with E-state index in [1.165, 1.54) is 10.6 Å². The molecule has 42 heavy (non-hydrogen) atoms. The fraction of sp³-hybridized carbons (Fsp3) is 0.448. The van der Waals surface area contributed by atoms with Gasteiger partial charge in [0.05, 0.1) is 11.7 Å². The molecule has 3 amide bonds. The summed E-state index contributed by atoms with van der Waals surface area (Å²) < 4.78 is 22.1. The van der Waals surface area contributed by atoms with E-state index in [9.17, 15) is 23.6 Å². The van der Waals surface area contributed by atoms with Crippen molar-refractivity contribution in [2.24, 2.45) is 30.7 Å². The van der Waals surface area contributed by atoms with Crippen LogP contribution in [0, 0.1) is 29.5 Å². The van der Waals surface area contributed by atoms with Gasteiger partial charge in [-0.2, -0.15) is 5.10 Å². The first-order valence-corrected chi connectivity index (χ1v) is 14.0. The molecule has 3 aromatic heterocycles. The van der Waals surface area contributed by atoms with Crippen LogP contribution in [-0.2, 0) is 18.4 Å². The number of amides is 3. The van der Waals surface area contributed by atoms with Crippen LogP contribution in [0.3, 0.4) is 0 Å². The average Bonchev–Trinajstić information content (AvgIpc) is 3.51. The predicted molar refractivity (Wildman–Crippen MR) is 149 cm³/mol. The van der Waals surface area contributed by atoms with Crippen molar-refractivity contribution in [3.05, 3.63) is 63.8 Å². The molecule has 220 valence electrons. The van der Waals surface area contributed by atoms with Gasteiger partial charge in [-0.25, -0.2) is 18.7 Å². The van der Waals surface area contributed by atoms with E-state index in [-0.39, 0.29) is 41.3 Å². The van der Waals surface area contributed by atoms with Crippen molar-refractivity contribution < 1.29 is 23.2 Å². The van der Waals surface area contributed by atoms with Crippen LogP contribution < -0.4 is 16.4 Å². The summed E-state index contributed by atoms with van der Waals surface area (Å²) in [5.74, 6) is -1.26. The zero-order valence-corrected chi connectivity index (χ0v) is 23.6. The van der Waals surface area contributed by atoms with Gasteiger partial charge in [0.2, 0.25) is 5.91 Å². The first-order valence-electron chi connectivity index (χ1n) is 14.0. The van der Waals surface area contributed by atoms with Crippen LogP contribution in [0.4, 0.5) is 4.39 Å². The number of aromatic nitrogens is 4. The monoisotopic (exact) mass is 577 g/mol. The summed E-state index contributed by atoms with van der Waals surface area (Å²) in [7, 11) is 5.16. The van der Waals surface area contributed by atoms with Gasteiger partial charge in [-0.3, -0.25) is 19.0 Å². The molecule has 0 aliphatic heterocycles. The average molecular weight is 578 g/mol. The lowest BCUT2D eigenvalue weighted by atomic mass is 9.59. The number of aryl methyl sites for hydroxylation is 1. The zero-order valence-electron chi connectivity index (χ0n) is 23.6. The quantitative estimate of drug-likeness (QED) is 0.342. The van der Waals surface area contributed by atoms with E-state index in [4.69, 9.17) is 4.42 Å². The molecule has 2 N–H and O–H groups in total. The zero-order chi connectivity index (χ0) is 29.7. The second kappa shape index (κ2) is 10.7. The van der Waals surface area contributed by atoms with Crippen LogP contribution in [0.2, 0.25) is 0 Å². The minimum absolute atomic E-state index is 0.00880. The molecule has 0 saturated heterocycles. The third-order valence-electron chi connectivity index (χ3n) is 8.79. The van der Waals surface area contributed by atoms with Gasteiger partial charge in [-0.15, -0.1) is 0 Å². The first-order chi connectivity index (χ1) is 20.1. The fourth-order valence-corrected chi connectivity index (χ4v) is 6.53. The highest BCUT2D eigenvalue weighted by molar-refractivity contribution is 5.98. The SMILES string of the molecule is CN(C)C(=O)C1CC2CCC1CC2CNC(=O)c1cc(C(=O)NCc2ccc3oc(=O)n(C)c3c2)nc2c(F)cnn12. The minimum atomic E-state index is -0.758. The summed E-state index contributed by atoms with van der Waals surface area (Å²) in [6.07, 6.45) is 4.68. The molecule has 3 fully saturated rings. The standard InChI is InChI=1S/C29H32FN7O5/c1-35(2)28(40)19-10-16-5-6-17(19)9-18(16)13-32-27(39)23-11-21(34-25-20(30)14-33-37(23)25)26(38)31-12-15-4-7-24-22(8-15)36(3)29(41)42-24/h4,7-8,11,14,16-19H,5-6,9-10,12-13H2,1-3H3,(H,31,38)(H,32,39). The van der Waals surface area contributed by atoms with Gasteiger partial charge >= 0.3 is 5.76 Å². The number of rotatable bonds is 7. The Bertz CT molecular complexity index is 1770. The number of nitrogens with zero attached hydrogens (tertiary/aromatic N) is 5. The number of hydrogen-bond donors (Lipinski definition) is 2. The molecule has 4 atom stereocenters. The molecule has 3 saturated carbocycles. The van der Waals surface area contributed by atoms with Crippen LogP contribution in [0.5, 0.6) is 0 Å². The molecule has 12 nitrogen and oxygen atoms in total. The van der Waals surface area contributed by atoms with Crippen molar-refractivity contribution in [2.45, 2.75) is 32.2 Å². The largest absolute Gasteiger partial charge is 0.419 e. The molecule has 3 aliphatic carbocycles. The van der Waals surface area contributed by atoms with Crippen LogP contribution in [0.25, 0.3) is 16.7 Å². The molecule has 0 spiro atoms. The number of carbonyl (C=O) groups excluding carboxylic acids is 3. The normalized spacial score (nSPS) is 21.5. The maximum atomic E-state index is 14.5. The van der Waals surface area contributed by atoms with Crippen molar-refractivity contribution in [1.82, 2.24) is 34.7 Å². The van der Waals surface area contributed by atoms with Crippen molar-refractivity contribution in [1.29, 1.82) is 0 Å². The Labute approximate surface area is 239 Å². The van der Waals surface area contributed by atoms with E-state index in [1.54, 1.807) is 44.2 Å². The van der Waals surface area contributed by atoms with Gasteiger partial charge in [0.1, 0.15) is 11.4 Å². The Hall–Kier alpha value is -4.55.